The Morgan fingerprint density at radius 2 is 1.80 bits per heavy atom. The fourth-order valence-corrected chi connectivity index (χ4v) is 2.19. The number of hydrogen-bond acceptors (Lipinski definition) is 4. The van der Waals surface area contributed by atoms with Gasteiger partial charge in [-0.15, -0.1) is 0 Å². The summed E-state index contributed by atoms with van der Waals surface area (Å²) >= 11 is 0. The van der Waals surface area contributed by atoms with Gasteiger partial charge in [-0.25, -0.2) is 9.18 Å². The molecule has 0 aliphatic carbocycles. The summed E-state index contributed by atoms with van der Waals surface area (Å²) in [4.78, 5) is 23.4. The Labute approximate surface area is 146 Å². The minimum absolute atomic E-state index is 0.162. The van der Waals surface area contributed by atoms with Gasteiger partial charge in [0, 0.05) is 30.8 Å². The van der Waals surface area contributed by atoms with E-state index in [2.05, 4.69) is 10.6 Å². The van der Waals surface area contributed by atoms with E-state index in [1.807, 2.05) is 0 Å². The molecule has 0 atom stereocenters. The molecule has 0 heterocycles. The second kappa shape index (κ2) is 9.54. The lowest BCUT2D eigenvalue weighted by Crippen LogP contribution is -2.22. The van der Waals surface area contributed by atoms with Crippen LogP contribution in [0, 0.1) is 5.82 Å². The number of carbonyl (C=O) groups is 2. The first-order valence-corrected chi connectivity index (χ1v) is 8.11. The zero-order valence-electron chi connectivity index (χ0n) is 14.0. The van der Waals surface area contributed by atoms with Crippen LogP contribution in [0.4, 0.5) is 10.1 Å². The smallest absolute Gasteiger partial charge is 0.338 e. The predicted molar refractivity (Wildman–Crippen MR) is 93.8 cm³/mol. The van der Waals surface area contributed by atoms with Gasteiger partial charge in [-0.3, -0.25) is 4.79 Å². The summed E-state index contributed by atoms with van der Waals surface area (Å²) in [6.07, 6.45) is 0.258. The van der Waals surface area contributed by atoms with Crippen LogP contribution in [-0.4, -0.2) is 25.0 Å². The zero-order chi connectivity index (χ0) is 18.1. The molecule has 0 saturated heterocycles. The number of hydrogen-bond donors (Lipinski definition) is 2. The van der Waals surface area contributed by atoms with E-state index in [0.29, 0.717) is 36.5 Å². The first-order valence-electron chi connectivity index (χ1n) is 8.11. The zero-order valence-corrected chi connectivity index (χ0v) is 14.0. The van der Waals surface area contributed by atoms with Gasteiger partial charge < -0.3 is 15.4 Å². The normalized spacial score (nSPS) is 10.3. The molecule has 132 valence electrons. The van der Waals surface area contributed by atoms with Gasteiger partial charge in [0.05, 0.1) is 12.2 Å². The first kappa shape index (κ1) is 18.6. The van der Waals surface area contributed by atoms with E-state index in [4.69, 9.17) is 4.74 Å². The van der Waals surface area contributed by atoms with Crippen LogP contribution in [0.5, 0.6) is 0 Å². The molecule has 0 aliphatic heterocycles. The third-order valence-corrected chi connectivity index (χ3v) is 3.48. The molecule has 0 saturated carbocycles. The Hall–Kier alpha value is -2.73. The topological polar surface area (TPSA) is 67.4 Å². The highest BCUT2D eigenvalue weighted by Crippen LogP contribution is 2.11. The molecule has 0 spiro atoms. The van der Waals surface area contributed by atoms with Crippen molar-refractivity contribution in [2.75, 3.05) is 18.5 Å². The highest BCUT2D eigenvalue weighted by atomic mass is 19.1. The van der Waals surface area contributed by atoms with Crippen LogP contribution >= 0.6 is 0 Å². The van der Waals surface area contributed by atoms with Gasteiger partial charge in [0.25, 0.3) is 0 Å². The molecule has 0 aliphatic rings. The van der Waals surface area contributed by atoms with Crippen molar-refractivity contribution in [1.82, 2.24) is 5.32 Å². The Balaban J connectivity index is 1.73. The summed E-state index contributed by atoms with van der Waals surface area (Å²) in [6, 6.07) is 13.0. The molecular weight excluding hydrogens is 323 g/mol. The van der Waals surface area contributed by atoms with Crippen LogP contribution in [0.15, 0.2) is 48.5 Å². The summed E-state index contributed by atoms with van der Waals surface area (Å²) in [5, 5.41) is 5.78. The van der Waals surface area contributed by atoms with Crippen LogP contribution in [0.3, 0.4) is 0 Å². The van der Waals surface area contributed by atoms with Crippen molar-refractivity contribution < 1.29 is 18.7 Å². The molecule has 6 heteroatoms. The summed E-state index contributed by atoms with van der Waals surface area (Å²) in [5.74, 6) is -0.816. The van der Waals surface area contributed by atoms with Crippen molar-refractivity contribution in [1.29, 1.82) is 0 Å². The van der Waals surface area contributed by atoms with Crippen molar-refractivity contribution in [2.45, 2.75) is 19.9 Å². The van der Waals surface area contributed by atoms with E-state index in [1.165, 1.54) is 6.07 Å². The summed E-state index contributed by atoms with van der Waals surface area (Å²) < 4.78 is 18.3. The molecule has 0 bridgehead atoms. The lowest BCUT2D eigenvalue weighted by atomic mass is 10.2. The fraction of sp³-hybridized carbons (Fsp3) is 0.263. The Morgan fingerprint density at radius 1 is 1.08 bits per heavy atom. The number of amides is 1. The second-order valence-corrected chi connectivity index (χ2v) is 5.36. The average Bonchev–Trinajstić information content (AvgIpc) is 2.61. The van der Waals surface area contributed by atoms with Crippen LogP contribution in [0.2, 0.25) is 0 Å². The third-order valence-electron chi connectivity index (χ3n) is 3.48. The number of ether oxygens (including phenoxy) is 1. The number of halogens is 1. The van der Waals surface area contributed by atoms with Crippen molar-refractivity contribution in [3.63, 3.8) is 0 Å². The standard InChI is InChI=1S/C19H21FN2O3/c1-2-25-19(24)14-7-9-16(10-8-14)22-18(23)11-12-21-13-15-5-3-4-6-17(15)20/h3-10,21H,2,11-13H2,1H3,(H,22,23). The molecule has 0 unspecified atom stereocenters. The summed E-state index contributed by atoms with van der Waals surface area (Å²) in [7, 11) is 0. The predicted octanol–water partition coefficient (Wildman–Crippen LogP) is 3.12. The van der Waals surface area contributed by atoms with Gasteiger partial charge in [0.1, 0.15) is 5.82 Å². The van der Waals surface area contributed by atoms with E-state index in [1.54, 1.807) is 49.4 Å². The molecule has 2 aromatic rings. The Kier molecular flexibility index (Phi) is 7.10. The van der Waals surface area contributed by atoms with Crippen LogP contribution in [0.1, 0.15) is 29.3 Å². The number of esters is 1. The molecule has 2 aromatic carbocycles. The van der Waals surface area contributed by atoms with Gasteiger partial charge in [0.15, 0.2) is 0 Å². The lowest BCUT2D eigenvalue weighted by Gasteiger charge is -2.08. The summed E-state index contributed by atoms with van der Waals surface area (Å²) in [5.41, 5.74) is 1.61. The number of rotatable bonds is 8. The van der Waals surface area contributed by atoms with Crippen molar-refractivity contribution in [3.05, 3.63) is 65.5 Å². The number of anilines is 1. The van der Waals surface area contributed by atoms with E-state index in [0.717, 1.165) is 0 Å². The minimum atomic E-state index is -0.391. The minimum Gasteiger partial charge on any atom is -0.462 e. The highest BCUT2D eigenvalue weighted by Gasteiger charge is 2.07. The van der Waals surface area contributed by atoms with Crippen LogP contribution < -0.4 is 10.6 Å². The van der Waals surface area contributed by atoms with Gasteiger partial charge in [0.2, 0.25) is 5.91 Å². The van der Waals surface area contributed by atoms with Crippen LogP contribution in [-0.2, 0) is 16.1 Å². The van der Waals surface area contributed by atoms with Crippen molar-refractivity contribution in [3.8, 4) is 0 Å². The maximum atomic E-state index is 13.4. The average molecular weight is 344 g/mol. The molecule has 0 aromatic heterocycles. The monoisotopic (exact) mass is 344 g/mol. The Bertz CT molecular complexity index is 717. The van der Waals surface area contributed by atoms with E-state index >= 15 is 0 Å². The quantitative estimate of drug-likeness (QED) is 0.570. The maximum absolute atomic E-state index is 13.4. The lowest BCUT2D eigenvalue weighted by molar-refractivity contribution is -0.116. The molecule has 25 heavy (non-hydrogen) atoms. The van der Waals surface area contributed by atoms with Gasteiger partial charge in [-0.05, 0) is 37.3 Å². The maximum Gasteiger partial charge on any atom is 0.338 e. The molecule has 2 N–H and O–H groups in total. The first-order chi connectivity index (χ1) is 12.1. The molecule has 5 nitrogen and oxygen atoms in total. The SMILES string of the molecule is CCOC(=O)c1ccc(NC(=O)CCNCc2ccccc2F)cc1. The summed E-state index contributed by atoms with van der Waals surface area (Å²) in [6.45, 7) is 2.86. The van der Waals surface area contributed by atoms with E-state index in [-0.39, 0.29) is 18.1 Å². The number of carbonyl (C=O) groups excluding carboxylic acids is 2. The molecule has 1 amide bonds. The second-order valence-electron chi connectivity index (χ2n) is 5.36. The van der Waals surface area contributed by atoms with Gasteiger partial charge in [-0.2, -0.15) is 0 Å². The fourth-order valence-electron chi connectivity index (χ4n) is 2.19. The number of benzene rings is 2. The molecule has 0 fully saturated rings. The van der Waals surface area contributed by atoms with E-state index in [9.17, 15) is 14.0 Å². The van der Waals surface area contributed by atoms with E-state index < -0.39 is 5.97 Å². The molecule has 2 rings (SSSR count). The van der Waals surface area contributed by atoms with Crippen LogP contribution in [0.25, 0.3) is 0 Å². The highest BCUT2D eigenvalue weighted by molar-refractivity contribution is 5.93. The molecule has 0 radical (unpaired) electrons. The Morgan fingerprint density at radius 3 is 2.48 bits per heavy atom. The van der Waals surface area contributed by atoms with Crippen molar-refractivity contribution in [2.24, 2.45) is 0 Å². The largest absolute Gasteiger partial charge is 0.462 e. The van der Waals surface area contributed by atoms with Gasteiger partial charge in [-0.1, -0.05) is 18.2 Å². The van der Waals surface area contributed by atoms with Gasteiger partial charge >= 0.3 is 5.97 Å². The molecular formula is C19H21FN2O3. The third kappa shape index (κ3) is 6.00. The van der Waals surface area contributed by atoms with Crippen molar-refractivity contribution >= 4 is 17.6 Å². The number of nitrogens with one attached hydrogen (secondary N) is 2.